The smallest absolute Gasteiger partial charge is 0.274 e. The van der Waals surface area contributed by atoms with Gasteiger partial charge >= 0.3 is 0 Å². The third-order valence-corrected chi connectivity index (χ3v) is 3.70. The Labute approximate surface area is 144 Å². The molecule has 0 aliphatic carbocycles. The first-order valence-electron chi connectivity index (χ1n) is 7.70. The number of hydrogen-bond acceptors (Lipinski definition) is 3. The maximum absolute atomic E-state index is 13.0. The largest absolute Gasteiger partial charge is 0.336 e. The highest BCUT2D eigenvalue weighted by Gasteiger charge is 2.15. The molecular formula is C19H16FN3O2. The van der Waals surface area contributed by atoms with E-state index in [2.05, 4.69) is 5.10 Å². The van der Waals surface area contributed by atoms with Crippen molar-refractivity contribution >= 4 is 5.91 Å². The monoisotopic (exact) mass is 337 g/mol. The van der Waals surface area contributed by atoms with Crippen molar-refractivity contribution in [2.45, 2.75) is 6.54 Å². The average molecular weight is 337 g/mol. The fourth-order valence-electron chi connectivity index (χ4n) is 2.41. The Morgan fingerprint density at radius 1 is 1.04 bits per heavy atom. The molecule has 1 amide bonds. The van der Waals surface area contributed by atoms with Crippen LogP contribution < -0.4 is 5.56 Å². The van der Waals surface area contributed by atoms with Crippen LogP contribution >= 0.6 is 0 Å². The zero-order valence-corrected chi connectivity index (χ0v) is 13.6. The van der Waals surface area contributed by atoms with E-state index >= 15 is 0 Å². The van der Waals surface area contributed by atoms with Crippen LogP contribution in [-0.4, -0.2) is 27.6 Å². The van der Waals surface area contributed by atoms with E-state index in [1.807, 2.05) is 6.07 Å². The summed E-state index contributed by atoms with van der Waals surface area (Å²) >= 11 is 0. The average Bonchev–Trinajstić information content (AvgIpc) is 2.64. The second-order valence-electron chi connectivity index (χ2n) is 5.59. The lowest BCUT2D eigenvalue weighted by molar-refractivity contribution is 0.0777. The van der Waals surface area contributed by atoms with Gasteiger partial charge in [-0.25, -0.2) is 4.39 Å². The summed E-state index contributed by atoms with van der Waals surface area (Å²) in [5.41, 5.74) is 1.23. The molecule has 126 valence electrons. The Kier molecular flexibility index (Phi) is 4.70. The molecule has 0 bridgehead atoms. The molecule has 2 aromatic carbocycles. The van der Waals surface area contributed by atoms with Crippen molar-refractivity contribution in [1.82, 2.24) is 14.7 Å². The molecule has 6 heteroatoms. The van der Waals surface area contributed by atoms with E-state index in [9.17, 15) is 14.0 Å². The van der Waals surface area contributed by atoms with E-state index in [0.29, 0.717) is 12.2 Å². The van der Waals surface area contributed by atoms with Crippen molar-refractivity contribution in [3.05, 3.63) is 94.2 Å². The molecule has 1 aromatic heterocycles. The third kappa shape index (κ3) is 3.80. The van der Waals surface area contributed by atoms with Crippen molar-refractivity contribution < 1.29 is 9.18 Å². The zero-order valence-electron chi connectivity index (χ0n) is 13.6. The summed E-state index contributed by atoms with van der Waals surface area (Å²) < 4.78 is 14.2. The zero-order chi connectivity index (χ0) is 17.8. The molecule has 0 fully saturated rings. The molecule has 0 aliphatic heterocycles. The number of carbonyl (C=O) groups is 1. The minimum Gasteiger partial charge on any atom is -0.336 e. The summed E-state index contributed by atoms with van der Waals surface area (Å²) in [6.07, 6.45) is 0. The first-order chi connectivity index (χ1) is 12.0. The van der Waals surface area contributed by atoms with Gasteiger partial charge in [0.2, 0.25) is 0 Å². The molecule has 3 aromatic rings. The predicted molar refractivity (Wildman–Crippen MR) is 92.0 cm³/mol. The minimum atomic E-state index is -0.325. The molecule has 0 N–H and O–H groups in total. The fraction of sp³-hybridized carbons (Fsp3) is 0.105. The first-order valence-corrected chi connectivity index (χ1v) is 7.70. The number of hydrogen-bond donors (Lipinski definition) is 0. The van der Waals surface area contributed by atoms with Crippen molar-refractivity contribution in [3.8, 4) is 5.69 Å². The van der Waals surface area contributed by atoms with E-state index < -0.39 is 0 Å². The minimum absolute atomic E-state index is 0.160. The van der Waals surface area contributed by atoms with Gasteiger partial charge in [-0.05, 0) is 35.9 Å². The highest BCUT2D eigenvalue weighted by Crippen LogP contribution is 2.09. The Balaban J connectivity index is 1.84. The number of aromatic nitrogens is 2. The van der Waals surface area contributed by atoms with Gasteiger partial charge in [-0.1, -0.05) is 30.3 Å². The molecular weight excluding hydrogens is 321 g/mol. The van der Waals surface area contributed by atoms with E-state index in [4.69, 9.17) is 0 Å². The lowest BCUT2D eigenvalue weighted by Gasteiger charge is -2.17. The van der Waals surface area contributed by atoms with E-state index in [-0.39, 0.29) is 23.0 Å². The molecule has 0 saturated heterocycles. The lowest BCUT2D eigenvalue weighted by atomic mass is 10.2. The molecule has 0 saturated carbocycles. The second kappa shape index (κ2) is 7.09. The number of nitrogens with zero attached hydrogens (tertiary/aromatic N) is 3. The van der Waals surface area contributed by atoms with Gasteiger partial charge in [-0.15, -0.1) is 0 Å². The summed E-state index contributed by atoms with van der Waals surface area (Å²) in [6, 6.07) is 17.6. The maximum atomic E-state index is 13.0. The molecule has 0 aliphatic rings. The fourth-order valence-corrected chi connectivity index (χ4v) is 2.41. The Hall–Kier alpha value is -3.28. The van der Waals surface area contributed by atoms with Crippen molar-refractivity contribution in [2.75, 3.05) is 7.05 Å². The van der Waals surface area contributed by atoms with Gasteiger partial charge in [0.15, 0.2) is 0 Å². The number of rotatable bonds is 4. The Morgan fingerprint density at radius 2 is 1.72 bits per heavy atom. The quantitative estimate of drug-likeness (QED) is 0.735. The molecule has 0 atom stereocenters. The molecule has 0 spiro atoms. The van der Waals surface area contributed by atoms with Gasteiger partial charge < -0.3 is 4.90 Å². The highest BCUT2D eigenvalue weighted by molar-refractivity contribution is 5.91. The normalized spacial score (nSPS) is 10.5. The van der Waals surface area contributed by atoms with Crippen LogP contribution in [0.15, 0.2) is 71.5 Å². The van der Waals surface area contributed by atoms with Crippen LogP contribution in [0.1, 0.15) is 16.1 Å². The SMILES string of the molecule is CN(Cc1ccc(F)cc1)C(=O)c1ccc(=O)n(-c2ccccc2)n1. The van der Waals surface area contributed by atoms with E-state index in [1.54, 1.807) is 43.4 Å². The maximum Gasteiger partial charge on any atom is 0.274 e. The van der Waals surface area contributed by atoms with E-state index in [1.165, 1.54) is 33.8 Å². The highest BCUT2D eigenvalue weighted by atomic mass is 19.1. The van der Waals surface area contributed by atoms with Gasteiger partial charge in [0, 0.05) is 19.7 Å². The van der Waals surface area contributed by atoms with Crippen LogP contribution in [0.5, 0.6) is 0 Å². The van der Waals surface area contributed by atoms with Crippen LogP contribution in [-0.2, 0) is 6.54 Å². The Bertz CT molecular complexity index is 937. The van der Waals surface area contributed by atoms with Crippen molar-refractivity contribution in [1.29, 1.82) is 0 Å². The summed E-state index contributed by atoms with van der Waals surface area (Å²) in [4.78, 5) is 26.1. The number of benzene rings is 2. The van der Waals surface area contributed by atoms with Crippen LogP contribution in [0.4, 0.5) is 4.39 Å². The summed E-state index contributed by atoms with van der Waals surface area (Å²) in [5, 5.41) is 4.17. The number of carbonyl (C=O) groups excluding carboxylic acids is 1. The van der Waals surface area contributed by atoms with Crippen LogP contribution in [0.3, 0.4) is 0 Å². The number of halogens is 1. The first kappa shape index (κ1) is 16.6. The van der Waals surface area contributed by atoms with Gasteiger partial charge in [-0.3, -0.25) is 9.59 Å². The van der Waals surface area contributed by atoms with Gasteiger partial charge in [0.1, 0.15) is 11.5 Å². The van der Waals surface area contributed by atoms with Crippen LogP contribution in [0, 0.1) is 5.82 Å². The van der Waals surface area contributed by atoms with Crippen LogP contribution in [0.2, 0.25) is 0 Å². The van der Waals surface area contributed by atoms with Crippen molar-refractivity contribution in [3.63, 3.8) is 0 Å². The van der Waals surface area contributed by atoms with Crippen LogP contribution in [0.25, 0.3) is 5.69 Å². The summed E-state index contributed by atoms with van der Waals surface area (Å²) in [6.45, 7) is 0.311. The summed E-state index contributed by atoms with van der Waals surface area (Å²) in [5.74, 6) is -0.650. The number of para-hydroxylation sites is 1. The van der Waals surface area contributed by atoms with Gasteiger partial charge in [-0.2, -0.15) is 9.78 Å². The second-order valence-corrected chi connectivity index (χ2v) is 5.59. The summed E-state index contributed by atoms with van der Waals surface area (Å²) in [7, 11) is 1.63. The van der Waals surface area contributed by atoms with Gasteiger partial charge in [0.05, 0.1) is 5.69 Å². The third-order valence-electron chi connectivity index (χ3n) is 3.70. The topological polar surface area (TPSA) is 55.2 Å². The van der Waals surface area contributed by atoms with Gasteiger partial charge in [0.25, 0.3) is 11.5 Å². The molecule has 0 unspecified atom stereocenters. The lowest BCUT2D eigenvalue weighted by Crippen LogP contribution is -2.30. The molecule has 25 heavy (non-hydrogen) atoms. The Morgan fingerprint density at radius 3 is 2.40 bits per heavy atom. The standard InChI is InChI=1S/C19H16FN3O2/c1-22(13-14-7-9-15(20)10-8-14)19(25)17-11-12-18(24)23(21-17)16-5-3-2-4-6-16/h2-12H,13H2,1H3. The molecule has 3 rings (SSSR count). The number of amides is 1. The predicted octanol–water partition coefficient (Wildman–Crippen LogP) is 2.64. The molecule has 5 nitrogen and oxygen atoms in total. The molecule has 1 heterocycles. The molecule has 0 radical (unpaired) electrons. The van der Waals surface area contributed by atoms with Crippen molar-refractivity contribution in [2.24, 2.45) is 0 Å². The van der Waals surface area contributed by atoms with E-state index in [0.717, 1.165) is 5.56 Å².